The molecule has 1 unspecified atom stereocenters. The van der Waals surface area contributed by atoms with Gasteiger partial charge in [0.25, 0.3) is 5.91 Å². The van der Waals surface area contributed by atoms with Crippen LogP contribution >= 0.6 is 11.6 Å². The van der Waals surface area contributed by atoms with Crippen LogP contribution in [0.4, 0.5) is 0 Å². The molecule has 2 aromatic heterocycles. The number of H-pyrrole nitrogens is 1. The van der Waals surface area contributed by atoms with Gasteiger partial charge >= 0.3 is 0 Å². The van der Waals surface area contributed by atoms with E-state index in [1.807, 2.05) is 38.1 Å². The van der Waals surface area contributed by atoms with Gasteiger partial charge in [-0.05, 0) is 38.1 Å². The number of benzene rings is 1. The fourth-order valence-electron chi connectivity index (χ4n) is 2.33. The Hall–Kier alpha value is -2.53. The molecule has 23 heavy (non-hydrogen) atoms. The zero-order valence-electron chi connectivity index (χ0n) is 12.8. The van der Waals surface area contributed by atoms with E-state index >= 15 is 0 Å². The van der Waals surface area contributed by atoms with Crippen LogP contribution < -0.4 is 5.32 Å². The summed E-state index contributed by atoms with van der Waals surface area (Å²) in [6.07, 6.45) is 1.51. The highest BCUT2D eigenvalue weighted by Gasteiger charge is 2.19. The van der Waals surface area contributed by atoms with Crippen molar-refractivity contribution < 1.29 is 9.21 Å². The molecule has 0 aliphatic heterocycles. The Morgan fingerprint density at radius 2 is 2.00 bits per heavy atom. The van der Waals surface area contributed by atoms with E-state index in [9.17, 15) is 4.79 Å². The zero-order chi connectivity index (χ0) is 16.4. The largest absolute Gasteiger partial charge is 0.464 e. The molecule has 3 aromatic rings. The molecule has 0 radical (unpaired) electrons. The molecule has 118 valence electrons. The van der Waals surface area contributed by atoms with Crippen LogP contribution in [-0.4, -0.2) is 16.1 Å². The number of nitrogens with one attached hydrogen (secondary N) is 2. The number of carbonyl (C=O) groups excluding carboxylic acids is 1. The van der Waals surface area contributed by atoms with Gasteiger partial charge in [0.15, 0.2) is 0 Å². The molecule has 2 heterocycles. The predicted octanol–water partition coefficient (Wildman–Crippen LogP) is 4.12. The molecule has 0 saturated carbocycles. The lowest BCUT2D eigenvalue weighted by atomic mass is 10.1. The Balaban J connectivity index is 1.81. The number of amides is 1. The Labute approximate surface area is 138 Å². The standard InChI is InChI=1S/C17H16ClN3O2/c1-10-3-8-15(23-10)11(2)20-17(22)14-9-19-21-16(14)12-4-6-13(18)7-5-12/h3-9,11H,1-2H3,(H,19,21)(H,20,22). The van der Waals surface area contributed by atoms with Crippen molar-refractivity contribution >= 4 is 17.5 Å². The Kier molecular flexibility index (Phi) is 4.21. The highest BCUT2D eigenvalue weighted by molar-refractivity contribution is 6.30. The second-order valence-corrected chi connectivity index (χ2v) is 5.75. The minimum absolute atomic E-state index is 0.217. The van der Waals surface area contributed by atoms with Crippen LogP contribution in [0.25, 0.3) is 11.3 Å². The minimum Gasteiger partial charge on any atom is -0.464 e. The Morgan fingerprint density at radius 1 is 1.26 bits per heavy atom. The molecule has 0 fully saturated rings. The fourth-order valence-corrected chi connectivity index (χ4v) is 2.45. The van der Waals surface area contributed by atoms with Gasteiger partial charge in [-0.25, -0.2) is 0 Å². The third-order valence-electron chi connectivity index (χ3n) is 3.55. The van der Waals surface area contributed by atoms with Gasteiger partial charge in [0.1, 0.15) is 11.5 Å². The lowest BCUT2D eigenvalue weighted by molar-refractivity contribution is 0.0936. The maximum absolute atomic E-state index is 12.5. The number of hydrogen-bond acceptors (Lipinski definition) is 3. The normalized spacial score (nSPS) is 12.1. The van der Waals surface area contributed by atoms with E-state index in [0.717, 1.165) is 11.3 Å². The van der Waals surface area contributed by atoms with Crippen molar-refractivity contribution in [1.29, 1.82) is 0 Å². The van der Waals surface area contributed by atoms with E-state index in [-0.39, 0.29) is 11.9 Å². The van der Waals surface area contributed by atoms with Gasteiger partial charge < -0.3 is 9.73 Å². The predicted molar refractivity (Wildman–Crippen MR) is 88.4 cm³/mol. The summed E-state index contributed by atoms with van der Waals surface area (Å²) in [6, 6.07) is 10.7. The van der Waals surface area contributed by atoms with Crippen molar-refractivity contribution in [2.45, 2.75) is 19.9 Å². The van der Waals surface area contributed by atoms with E-state index in [1.54, 1.807) is 12.1 Å². The summed E-state index contributed by atoms with van der Waals surface area (Å²) >= 11 is 5.90. The molecular formula is C17H16ClN3O2. The number of furan rings is 1. The minimum atomic E-state index is -0.232. The molecule has 6 heteroatoms. The van der Waals surface area contributed by atoms with E-state index in [4.69, 9.17) is 16.0 Å². The Bertz CT molecular complexity index is 820. The number of carbonyl (C=O) groups is 1. The number of halogens is 1. The maximum atomic E-state index is 12.5. The number of nitrogens with zero attached hydrogens (tertiary/aromatic N) is 1. The summed E-state index contributed by atoms with van der Waals surface area (Å²) in [4.78, 5) is 12.5. The van der Waals surface area contributed by atoms with Crippen LogP contribution in [0.15, 0.2) is 47.0 Å². The molecule has 2 N–H and O–H groups in total. The van der Waals surface area contributed by atoms with Gasteiger partial charge in [-0.2, -0.15) is 5.10 Å². The second-order valence-electron chi connectivity index (χ2n) is 5.31. The molecule has 0 aliphatic rings. The fraction of sp³-hybridized carbons (Fsp3) is 0.176. The molecule has 1 amide bonds. The van der Waals surface area contributed by atoms with Crippen molar-refractivity contribution in [2.75, 3.05) is 0 Å². The molecule has 3 rings (SSSR count). The van der Waals surface area contributed by atoms with Crippen molar-refractivity contribution in [3.8, 4) is 11.3 Å². The number of rotatable bonds is 4. The average molecular weight is 330 g/mol. The van der Waals surface area contributed by atoms with Gasteiger partial charge in [0.2, 0.25) is 0 Å². The quantitative estimate of drug-likeness (QED) is 0.756. The Morgan fingerprint density at radius 3 is 2.65 bits per heavy atom. The lowest BCUT2D eigenvalue weighted by Gasteiger charge is -2.11. The average Bonchev–Trinajstić information content (AvgIpc) is 3.17. The molecule has 0 saturated heterocycles. The van der Waals surface area contributed by atoms with Crippen molar-refractivity contribution in [3.63, 3.8) is 0 Å². The van der Waals surface area contributed by atoms with Crippen molar-refractivity contribution in [3.05, 3.63) is 64.7 Å². The van der Waals surface area contributed by atoms with Crippen LogP contribution in [0.2, 0.25) is 5.02 Å². The summed E-state index contributed by atoms with van der Waals surface area (Å²) < 4.78 is 5.54. The zero-order valence-corrected chi connectivity index (χ0v) is 13.5. The van der Waals surface area contributed by atoms with Gasteiger partial charge in [0, 0.05) is 10.6 Å². The molecule has 0 bridgehead atoms. The van der Waals surface area contributed by atoms with Crippen LogP contribution in [-0.2, 0) is 0 Å². The molecular weight excluding hydrogens is 314 g/mol. The van der Waals surface area contributed by atoms with Gasteiger partial charge in [-0.1, -0.05) is 23.7 Å². The summed E-state index contributed by atoms with van der Waals surface area (Å²) in [5, 5.41) is 10.4. The van der Waals surface area contributed by atoms with Crippen molar-refractivity contribution in [1.82, 2.24) is 15.5 Å². The smallest absolute Gasteiger partial charge is 0.255 e. The van der Waals surface area contributed by atoms with E-state index < -0.39 is 0 Å². The monoisotopic (exact) mass is 329 g/mol. The number of aromatic amines is 1. The molecule has 1 atom stereocenters. The third kappa shape index (κ3) is 3.29. The molecule has 0 aliphatic carbocycles. The summed E-state index contributed by atoms with van der Waals surface area (Å²) in [5.41, 5.74) is 1.97. The highest BCUT2D eigenvalue weighted by atomic mass is 35.5. The number of aromatic nitrogens is 2. The van der Waals surface area contributed by atoms with Gasteiger partial charge in [-0.15, -0.1) is 0 Å². The number of hydrogen-bond donors (Lipinski definition) is 2. The van der Waals surface area contributed by atoms with Crippen LogP contribution in [0, 0.1) is 6.92 Å². The third-order valence-corrected chi connectivity index (χ3v) is 3.80. The van der Waals surface area contributed by atoms with Crippen LogP contribution in [0.5, 0.6) is 0 Å². The number of aryl methyl sites for hydroxylation is 1. The van der Waals surface area contributed by atoms with Crippen LogP contribution in [0.1, 0.15) is 34.8 Å². The van der Waals surface area contributed by atoms with E-state index in [1.165, 1.54) is 6.20 Å². The summed E-state index contributed by atoms with van der Waals surface area (Å²) in [5.74, 6) is 1.31. The summed E-state index contributed by atoms with van der Waals surface area (Å²) in [6.45, 7) is 3.74. The first kappa shape index (κ1) is 15.4. The topological polar surface area (TPSA) is 70.9 Å². The lowest BCUT2D eigenvalue weighted by Crippen LogP contribution is -2.26. The highest BCUT2D eigenvalue weighted by Crippen LogP contribution is 2.24. The second kappa shape index (κ2) is 6.30. The van der Waals surface area contributed by atoms with Gasteiger partial charge in [-0.3, -0.25) is 9.89 Å². The first-order chi connectivity index (χ1) is 11.0. The molecule has 0 spiro atoms. The van der Waals surface area contributed by atoms with Crippen LogP contribution in [0.3, 0.4) is 0 Å². The maximum Gasteiger partial charge on any atom is 0.255 e. The molecule has 5 nitrogen and oxygen atoms in total. The SMILES string of the molecule is Cc1ccc(C(C)NC(=O)c2cn[nH]c2-c2ccc(Cl)cc2)o1. The first-order valence-electron chi connectivity index (χ1n) is 7.21. The van der Waals surface area contributed by atoms with Crippen molar-refractivity contribution in [2.24, 2.45) is 0 Å². The van der Waals surface area contributed by atoms with E-state index in [0.29, 0.717) is 22.0 Å². The summed E-state index contributed by atoms with van der Waals surface area (Å²) in [7, 11) is 0. The van der Waals surface area contributed by atoms with E-state index in [2.05, 4.69) is 15.5 Å². The first-order valence-corrected chi connectivity index (χ1v) is 7.59. The van der Waals surface area contributed by atoms with Gasteiger partial charge in [0.05, 0.1) is 23.5 Å². The molecule has 1 aromatic carbocycles.